The minimum Gasteiger partial charge on any atom is -0.458 e. The van der Waals surface area contributed by atoms with Gasteiger partial charge in [0.2, 0.25) is 5.78 Å². The van der Waals surface area contributed by atoms with E-state index in [0.717, 1.165) is 18.4 Å². The van der Waals surface area contributed by atoms with E-state index in [1.165, 1.54) is 6.92 Å². The maximum atomic E-state index is 12.9. The lowest BCUT2D eigenvalue weighted by atomic mass is 9.39. The van der Waals surface area contributed by atoms with Crippen molar-refractivity contribution in [2.45, 2.75) is 71.5 Å². The van der Waals surface area contributed by atoms with E-state index in [2.05, 4.69) is 13.8 Å². The summed E-state index contributed by atoms with van der Waals surface area (Å²) in [4.78, 5) is 36.1. The zero-order chi connectivity index (χ0) is 22.1. The van der Waals surface area contributed by atoms with Crippen molar-refractivity contribution in [2.24, 2.45) is 28.1 Å². The van der Waals surface area contributed by atoms with Gasteiger partial charge in [-0.2, -0.15) is 0 Å². The molecule has 3 fully saturated rings. The van der Waals surface area contributed by atoms with Crippen LogP contribution in [0.5, 0.6) is 0 Å². The van der Waals surface area contributed by atoms with Gasteiger partial charge in [0.15, 0.2) is 12.4 Å². The highest BCUT2D eigenvalue weighted by atomic mass is 16.5. The number of Topliss-reactive ketones (excluding diaryl/α,β-unsaturated/α-hetero) is 1. The average molecular weight is 417 g/mol. The first-order valence-corrected chi connectivity index (χ1v) is 10.9. The number of ketones is 2. The van der Waals surface area contributed by atoms with E-state index in [9.17, 15) is 24.6 Å². The van der Waals surface area contributed by atoms with Crippen molar-refractivity contribution in [1.29, 1.82) is 0 Å². The molecule has 0 aliphatic heterocycles. The fourth-order valence-electron chi connectivity index (χ4n) is 7.39. The van der Waals surface area contributed by atoms with Crippen LogP contribution >= 0.6 is 0 Å². The lowest BCUT2D eigenvalue weighted by molar-refractivity contribution is -0.206. The maximum absolute atomic E-state index is 12.9. The first-order valence-electron chi connectivity index (χ1n) is 10.9. The van der Waals surface area contributed by atoms with Crippen LogP contribution in [0.2, 0.25) is 0 Å². The highest BCUT2D eigenvalue weighted by Crippen LogP contribution is 2.71. The molecule has 0 heterocycles. The number of carbonyl (C=O) groups is 3. The lowest BCUT2D eigenvalue weighted by Gasteiger charge is -2.65. The number of carbonyl (C=O) groups excluding carboxylic acids is 3. The second-order valence-electron chi connectivity index (χ2n) is 10.4. The van der Waals surface area contributed by atoms with Gasteiger partial charge in [-0.25, -0.2) is 0 Å². The monoisotopic (exact) mass is 416 g/mol. The molecule has 0 radical (unpaired) electrons. The molecule has 0 aromatic carbocycles. The Morgan fingerprint density at radius 3 is 2.57 bits per heavy atom. The molecule has 3 saturated carbocycles. The third-order valence-corrected chi connectivity index (χ3v) is 9.42. The van der Waals surface area contributed by atoms with E-state index in [0.29, 0.717) is 12.8 Å². The Balaban J connectivity index is 1.72. The minimum absolute atomic E-state index is 0.00836. The fourth-order valence-corrected chi connectivity index (χ4v) is 7.39. The molecule has 0 bridgehead atoms. The smallest absolute Gasteiger partial charge is 0.303 e. The zero-order valence-electron chi connectivity index (χ0n) is 18.2. The maximum Gasteiger partial charge on any atom is 0.303 e. The van der Waals surface area contributed by atoms with Crippen molar-refractivity contribution in [3.05, 3.63) is 23.8 Å². The fraction of sp³-hybridized carbons (Fsp3) is 0.708. The predicted octanol–water partition coefficient (Wildman–Crippen LogP) is 2.52. The molecule has 164 valence electrons. The van der Waals surface area contributed by atoms with Crippen molar-refractivity contribution in [3.63, 3.8) is 0 Å². The molecular weight excluding hydrogens is 384 g/mol. The Bertz CT molecular complexity index is 873. The number of aliphatic hydroxyl groups is 2. The first kappa shape index (κ1) is 21.4. The molecular formula is C24H32O6. The quantitative estimate of drug-likeness (QED) is 0.686. The SMILES string of the molecule is CC(=O)OCC(=O)[C@@]1(O)CC[C@H]2[C@@H]3CCC4=CC(=O)C=C[C@]4(C)[C@@]3(C)[C@@H](O)C[C@@]21C. The summed E-state index contributed by atoms with van der Waals surface area (Å²) in [5.41, 5.74) is -2.28. The van der Waals surface area contributed by atoms with Crippen molar-refractivity contribution in [3.8, 4) is 0 Å². The van der Waals surface area contributed by atoms with Gasteiger partial charge in [-0.1, -0.05) is 32.4 Å². The Morgan fingerprint density at radius 2 is 1.90 bits per heavy atom. The molecule has 6 nitrogen and oxygen atoms in total. The molecule has 7 atom stereocenters. The van der Waals surface area contributed by atoms with Crippen LogP contribution in [0.15, 0.2) is 23.8 Å². The molecule has 4 aliphatic rings. The number of hydrogen-bond acceptors (Lipinski definition) is 6. The van der Waals surface area contributed by atoms with Gasteiger partial charge in [-0.05, 0) is 56.1 Å². The summed E-state index contributed by atoms with van der Waals surface area (Å²) < 4.78 is 4.90. The second kappa shape index (κ2) is 6.60. The van der Waals surface area contributed by atoms with Gasteiger partial charge in [0.05, 0.1) is 6.10 Å². The predicted molar refractivity (Wildman–Crippen MR) is 109 cm³/mol. The van der Waals surface area contributed by atoms with Crippen LogP contribution in [0.4, 0.5) is 0 Å². The Morgan fingerprint density at radius 1 is 1.20 bits per heavy atom. The standard InChI is InChI=1S/C24H32O6/c1-14(25)30-13-20(28)24(29)10-8-17-18-6-5-15-11-16(26)7-9-21(15,2)23(18,4)19(27)12-22(17,24)3/h7,9,11,17-19,27,29H,5-6,8,10,12-13H2,1-4H3/t17-,18-,19-,21-,22-,23+,24-/m0/s1. The van der Waals surface area contributed by atoms with Gasteiger partial charge >= 0.3 is 5.97 Å². The molecule has 0 saturated heterocycles. The molecule has 4 aliphatic carbocycles. The number of esters is 1. The molecule has 2 N–H and O–H groups in total. The number of allylic oxidation sites excluding steroid dienone is 4. The number of rotatable bonds is 3. The highest BCUT2D eigenvalue weighted by molar-refractivity contribution is 6.01. The Kier molecular flexibility index (Phi) is 4.72. The van der Waals surface area contributed by atoms with E-state index >= 15 is 0 Å². The summed E-state index contributed by atoms with van der Waals surface area (Å²) >= 11 is 0. The van der Waals surface area contributed by atoms with E-state index < -0.39 is 46.3 Å². The topological polar surface area (TPSA) is 101 Å². The third-order valence-electron chi connectivity index (χ3n) is 9.42. The summed E-state index contributed by atoms with van der Waals surface area (Å²) in [5, 5.41) is 23.1. The summed E-state index contributed by atoms with van der Waals surface area (Å²) in [6.45, 7) is 6.91. The van der Waals surface area contributed by atoms with Gasteiger partial charge in [-0.15, -0.1) is 0 Å². The van der Waals surface area contributed by atoms with E-state index in [1.807, 2.05) is 13.0 Å². The first-order chi connectivity index (χ1) is 13.9. The zero-order valence-corrected chi connectivity index (χ0v) is 18.2. The summed E-state index contributed by atoms with van der Waals surface area (Å²) in [6, 6.07) is 0. The van der Waals surface area contributed by atoms with Crippen LogP contribution < -0.4 is 0 Å². The summed E-state index contributed by atoms with van der Waals surface area (Å²) in [7, 11) is 0. The van der Waals surface area contributed by atoms with Gasteiger partial charge < -0.3 is 14.9 Å². The van der Waals surface area contributed by atoms with Crippen molar-refractivity contribution >= 4 is 17.5 Å². The molecule has 6 heteroatoms. The molecule has 0 aromatic rings. The Labute approximate surface area is 177 Å². The normalized spacial score (nSPS) is 47.1. The molecule has 4 rings (SSSR count). The van der Waals surface area contributed by atoms with Crippen LogP contribution in [0.3, 0.4) is 0 Å². The lowest BCUT2D eigenvalue weighted by Crippen LogP contribution is -2.66. The highest BCUT2D eigenvalue weighted by Gasteiger charge is 2.71. The van der Waals surface area contributed by atoms with Crippen molar-refractivity contribution in [2.75, 3.05) is 6.61 Å². The molecule has 0 aromatic heterocycles. The van der Waals surface area contributed by atoms with Crippen molar-refractivity contribution < 1.29 is 29.3 Å². The largest absolute Gasteiger partial charge is 0.458 e. The summed E-state index contributed by atoms with van der Waals surface area (Å²) in [6.07, 6.45) is 7.39. The number of hydrogen-bond donors (Lipinski definition) is 2. The Hall–Kier alpha value is -1.79. The second-order valence-corrected chi connectivity index (χ2v) is 10.4. The van der Waals surface area contributed by atoms with E-state index in [-0.39, 0.29) is 24.0 Å². The van der Waals surface area contributed by atoms with Crippen LogP contribution in [0.25, 0.3) is 0 Å². The van der Waals surface area contributed by atoms with E-state index in [4.69, 9.17) is 4.74 Å². The average Bonchev–Trinajstić information content (AvgIpc) is 2.94. The van der Waals surface area contributed by atoms with Crippen LogP contribution in [0.1, 0.15) is 59.8 Å². The third kappa shape index (κ3) is 2.53. The number of aliphatic hydroxyl groups excluding tert-OH is 1. The molecule has 0 amide bonds. The van der Waals surface area contributed by atoms with Crippen LogP contribution in [-0.2, 0) is 19.1 Å². The summed E-state index contributed by atoms with van der Waals surface area (Å²) in [5.74, 6) is -0.889. The number of ether oxygens (including phenoxy) is 1. The van der Waals surface area contributed by atoms with Crippen molar-refractivity contribution in [1.82, 2.24) is 0 Å². The van der Waals surface area contributed by atoms with Gasteiger partial charge in [0.25, 0.3) is 0 Å². The van der Waals surface area contributed by atoms with Gasteiger partial charge in [0, 0.05) is 23.2 Å². The van der Waals surface area contributed by atoms with Gasteiger partial charge in [-0.3, -0.25) is 14.4 Å². The molecule has 30 heavy (non-hydrogen) atoms. The minimum atomic E-state index is -1.62. The number of fused-ring (bicyclic) bond motifs is 5. The van der Waals surface area contributed by atoms with E-state index in [1.54, 1.807) is 12.2 Å². The molecule has 0 spiro atoms. The van der Waals surface area contributed by atoms with Crippen LogP contribution in [0, 0.1) is 28.1 Å². The van der Waals surface area contributed by atoms with Gasteiger partial charge in [0.1, 0.15) is 5.60 Å². The molecule has 0 unspecified atom stereocenters. The van der Waals surface area contributed by atoms with Crippen LogP contribution in [-0.4, -0.2) is 46.1 Å².